The Bertz CT molecular complexity index is 1130. The largest absolute Gasteiger partial charge is 0.497 e. The lowest BCUT2D eigenvalue weighted by Gasteiger charge is -2.21. The van der Waals surface area contributed by atoms with Crippen LogP contribution in [0, 0.1) is 10.1 Å². The fourth-order valence-electron chi connectivity index (χ4n) is 3.35. The molecule has 0 aromatic heterocycles. The number of hydrogen-bond donors (Lipinski definition) is 1. The van der Waals surface area contributed by atoms with Gasteiger partial charge in [-0.3, -0.25) is 14.9 Å². The van der Waals surface area contributed by atoms with E-state index in [1.54, 1.807) is 45.4 Å². The topological polar surface area (TPSA) is 117 Å². The Labute approximate surface area is 196 Å². The van der Waals surface area contributed by atoms with Gasteiger partial charge in [0.05, 0.1) is 37.4 Å². The van der Waals surface area contributed by atoms with Crippen LogP contribution in [0.25, 0.3) is 0 Å². The van der Waals surface area contributed by atoms with E-state index in [4.69, 9.17) is 14.2 Å². The summed E-state index contributed by atoms with van der Waals surface area (Å²) in [6, 6.07) is 17.2. The number of methoxy groups -OCH3 is 2. The highest BCUT2D eigenvalue weighted by atomic mass is 16.6. The molecule has 0 atom stereocenters. The second-order valence-electron chi connectivity index (χ2n) is 7.20. The van der Waals surface area contributed by atoms with Gasteiger partial charge in [0, 0.05) is 17.7 Å². The van der Waals surface area contributed by atoms with Crippen LogP contribution in [0.2, 0.25) is 0 Å². The minimum Gasteiger partial charge on any atom is -0.497 e. The van der Waals surface area contributed by atoms with Crippen molar-refractivity contribution >= 4 is 17.6 Å². The first-order valence-corrected chi connectivity index (χ1v) is 10.4. The smallest absolute Gasteiger partial charge is 0.338 e. The molecule has 34 heavy (non-hydrogen) atoms. The van der Waals surface area contributed by atoms with Crippen molar-refractivity contribution in [1.82, 2.24) is 5.32 Å². The number of hydrogen-bond acceptors (Lipinski definition) is 7. The standard InChI is InChI=1S/C25H24N2O7/c1-4-34-25(29)19-13-18(14-20(15-19)27(30)31)24(28)26-23(16-5-9-21(32-2)10-6-16)17-7-11-22(33-3)12-8-17/h5-15,23H,4H2,1-3H3,(H,26,28). The summed E-state index contributed by atoms with van der Waals surface area (Å²) in [6.07, 6.45) is 0. The molecule has 9 nitrogen and oxygen atoms in total. The summed E-state index contributed by atoms with van der Waals surface area (Å²) >= 11 is 0. The Morgan fingerprint density at radius 3 is 1.82 bits per heavy atom. The van der Waals surface area contributed by atoms with Crippen LogP contribution in [0.15, 0.2) is 66.7 Å². The van der Waals surface area contributed by atoms with Gasteiger partial charge in [0.2, 0.25) is 0 Å². The van der Waals surface area contributed by atoms with Gasteiger partial charge >= 0.3 is 5.97 Å². The average molecular weight is 464 g/mol. The van der Waals surface area contributed by atoms with E-state index in [1.807, 2.05) is 24.3 Å². The molecule has 0 aliphatic rings. The second kappa shape index (κ2) is 11.0. The van der Waals surface area contributed by atoms with Crippen molar-refractivity contribution in [3.05, 3.63) is 99.1 Å². The van der Waals surface area contributed by atoms with Gasteiger partial charge < -0.3 is 19.5 Å². The third-order valence-electron chi connectivity index (χ3n) is 5.08. The van der Waals surface area contributed by atoms with Gasteiger partial charge in [0.25, 0.3) is 11.6 Å². The second-order valence-corrected chi connectivity index (χ2v) is 7.20. The first kappa shape index (κ1) is 24.2. The molecule has 0 aliphatic carbocycles. The summed E-state index contributed by atoms with van der Waals surface area (Å²) in [5.74, 6) is -0.0318. The number of carbonyl (C=O) groups excluding carboxylic acids is 2. The van der Waals surface area contributed by atoms with E-state index in [0.717, 1.165) is 23.3 Å². The van der Waals surface area contributed by atoms with Crippen molar-refractivity contribution in [2.75, 3.05) is 20.8 Å². The number of nitrogens with one attached hydrogen (secondary N) is 1. The number of ether oxygens (including phenoxy) is 3. The molecule has 9 heteroatoms. The van der Waals surface area contributed by atoms with Gasteiger partial charge in [-0.2, -0.15) is 0 Å². The van der Waals surface area contributed by atoms with Gasteiger partial charge in [-0.15, -0.1) is 0 Å². The van der Waals surface area contributed by atoms with Crippen LogP contribution in [-0.4, -0.2) is 37.6 Å². The lowest BCUT2D eigenvalue weighted by molar-refractivity contribution is -0.384. The van der Waals surface area contributed by atoms with Crippen LogP contribution < -0.4 is 14.8 Å². The lowest BCUT2D eigenvalue weighted by Crippen LogP contribution is -2.29. The fraction of sp³-hybridized carbons (Fsp3) is 0.200. The van der Waals surface area contributed by atoms with Gasteiger partial charge in [0.1, 0.15) is 11.5 Å². The SMILES string of the molecule is CCOC(=O)c1cc(C(=O)NC(c2ccc(OC)cc2)c2ccc(OC)cc2)cc([N+](=O)[O-])c1. The summed E-state index contributed by atoms with van der Waals surface area (Å²) in [5, 5.41) is 14.3. The number of carbonyl (C=O) groups is 2. The molecule has 3 rings (SSSR count). The van der Waals surface area contributed by atoms with Crippen LogP contribution in [0.1, 0.15) is 44.8 Å². The molecule has 0 radical (unpaired) electrons. The third-order valence-corrected chi connectivity index (χ3v) is 5.08. The first-order chi connectivity index (χ1) is 16.4. The Morgan fingerprint density at radius 1 is 0.882 bits per heavy atom. The van der Waals surface area contributed by atoms with Crippen LogP contribution in [0.5, 0.6) is 11.5 Å². The third kappa shape index (κ3) is 5.69. The van der Waals surface area contributed by atoms with E-state index in [2.05, 4.69) is 5.32 Å². The van der Waals surface area contributed by atoms with E-state index in [1.165, 1.54) is 6.07 Å². The first-order valence-electron chi connectivity index (χ1n) is 10.4. The number of nitro groups is 1. The van der Waals surface area contributed by atoms with Gasteiger partial charge in [0.15, 0.2) is 0 Å². The highest BCUT2D eigenvalue weighted by molar-refractivity contribution is 5.99. The number of non-ortho nitro benzene ring substituents is 1. The monoisotopic (exact) mass is 464 g/mol. The zero-order chi connectivity index (χ0) is 24.7. The highest BCUT2D eigenvalue weighted by Crippen LogP contribution is 2.27. The highest BCUT2D eigenvalue weighted by Gasteiger charge is 2.22. The predicted octanol–water partition coefficient (Wildman–Crippen LogP) is 4.31. The van der Waals surface area contributed by atoms with E-state index >= 15 is 0 Å². The molecule has 0 heterocycles. The fourth-order valence-corrected chi connectivity index (χ4v) is 3.35. The molecule has 176 valence electrons. The van der Waals surface area contributed by atoms with Gasteiger partial charge in [-0.1, -0.05) is 24.3 Å². The Morgan fingerprint density at radius 2 is 1.38 bits per heavy atom. The van der Waals surface area contributed by atoms with E-state index in [0.29, 0.717) is 11.5 Å². The van der Waals surface area contributed by atoms with Gasteiger partial charge in [-0.05, 0) is 48.4 Å². The van der Waals surface area contributed by atoms with Crippen LogP contribution in [0.3, 0.4) is 0 Å². The molecular weight excluding hydrogens is 440 g/mol. The minimum absolute atomic E-state index is 0.0377. The summed E-state index contributed by atoms with van der Waals surface area (Å²) in [5.41, 5.74) is 1.02. The summed E-state index contributed by atoms with van der Waals surface area (Å²) in [7, 11) is 3.11. The normalized spacial score (nSPS) is 10.5. The summed E-state index contributed by atoms with van der Waals surface area (Å²) < 4.78 is 15.4. The zero-order valence-corrected chi connectivity index (χ0v) is 18.9. The van der Waals surface area contributed by atoms with Crippen LogP contribution in [-0.2, 0) is 4.74 Å². The van der Waals surface area contributed by atoms with Gasteiger partial charge in [-0.25, -0.2) is 4.79 Å². The maximum atomic E-state index is 13.2. The zero-order valence-electron chi connectivity index (χ0n) is 18.9. The van der Waals surface area contributed by atoms with Crippen LogP contribution >= 0.6 is 0 Å². The molecule has 1 amide bonds. The quantitative estimate of drug-likeness (QED) is 0.285. The Hall–Kier alpha value is -4.40. The van der Waals surface area contributed by atoms with E-state index < -0.39 is 22.8 Å². The number of nitro benzene ring substituents is 1. The van der Waals surface area contributed by atoms with Crippen molar-refractivity contribution in [2.24, 2.45) is 0 Å². The lowest BCUT2D eigenvalue weighted by atomic mass is 9.97. The molecule has 0 spiro atoms. The maximum Gasteiger partial charge on any atom is 0.338 e. The summed E-state index contributed by atoms with van der Waals surface area (Å²) in [4.78, 5) is 36.1. The molecule has 3 aromatic carbocycles. The number of nitrogens with zero attached hydrogens (tertiary/aromatic N) is 1. The number of rotatable bonds is 9. The number of esters is 1. The maximum absolute atomic E-state index is 13.2. The number of benzene rings is 3. The minimum atomic E-state index is -0.748. The molecule has 0 saturated heterocycles. The number of amides is 1. The van der Waals surface area contributed by atoms with Crippen LogP contribution in [0.4, 0.5) is 5.69 Å². The van der Waals surface area contributed by atoms with Crippen molar-refractivity contribution in [1.29, 1.82) is 0 Å². The molecule has 0 bridgehead atoms. The average Bonchev–Trinajstić information content (AvgIpc) is 2.87. The molecule has 0 fully saturated rings. The molecule has 0 aliphatic heterocycles. The van der Waals surface area contributed by atoms with Crippen molar-refractivity contribution < 1.29 is 28.7 Å². The summed E-state index contributed by atoms with van der Waals surface area (Å²) in [6.45, 7) is 1.72. The van der Waals surface area contributed by atoms with Crippen molar-refractivity contribution in [2.45, 2.75) is 13.0 Å². The Balaban J connectivity index is 2.00. The molecule has 0 saturated carbocycles. The predicted molar refractivity (Wildman–Crippen MR) is 124 cm³/mol. The molecular formula is C25H24N2O7. The molecule has 0 unspecified atom stereocenters. The van der Waals surface area contributed by atoms with E-state index in [-0.39, 0.29) is 23.4 Å². The molecule has 3 aromatic rings. The Kier molecular flexibility index (Phi) is 7.81. The molecule has 1 N–H and O–H groups in total. The van der Waals surface area contributed by atoms with Crippen molar-refractivity contribution in [3.8, 4) is 11.5 Å². The van der Waals surface area contributed by atoms with Crippen molar-refractivity contribution in [3.63, 3.8) is 0 Å². The van der Waals surface area contributed by atoms with E-state index in [9.17, 15) is 19.7 Å².